The van der Waals surface area contributed by atoms with E-state index in [1.165, 1.54) is 13.2 Å². The second-order valence-electron chi connectivity index (χ2n) is 4.84. The summed E-state index contributed by atoms with van der Waals surface area (Å²) in [4.78, 5) is 23.9. The third-order valence-electron chi connectivity index (χ3n) is 3.02. The molecule has 0 saturated heterocycles. The molecule has 0 heterocycles. The van der Waals surface area contributed by atoms with Gasteiger partial charge in [0.05, 0.1) is 7.11 Å². The number of halogens is 1. The van der Waals surface area contributed by atoms with Crippen LogP contribution in [0.2, 0.25) is 5.02 Å². The van der Waals surface area contributed by atoms with Crippen molar-refractivity contribution < 1.29 is 19.1 Å². The minimum Gasteiger partial charge on any atom is -0.496 e. The lowest BCUT2D eigenvalue weighted by atomic mass is 10.2. The van der Waals surface area contributed by atoms with Gasteiger partial charge >= 0.3 is 5.97 Å². The van der Waals surface area contributed by atoms with Gasteiger partial charge in [-0.1, -0.05) is 23.7 Å². The Morgan fingerprint density at radius 2 is 1.96 bits per heavy atom. The minimum atomic E-state index is -0.677. The van der Waals surface area contributed by atoms with Crippen LogP contribution >= 0.6 is 11.6 Å². The molecule has 2 aromatic rings. The largest absolute Gasteiger partial charge is 0.496 e. The number of carbonyl (C=O) groups is 2. The highest BCUT2D eigenvalue weighted by Crippen LogP contribution is 2.23. The number of ether oxygens (including phenoxy) is 2. The third-order valence-corrected chi connectivity index (χ3v) is 3.25. The highest BCUT2D eigenvalue weighted by Gasteiger charge is 2.16. The minimum absolute atomic E-state index is 0.170. The zero-order valence-corrected chi connectivity index (χ0v) is 13.5. The SMILES string of the molecule is COc1ccc(Cl)cc1C(=O)OCC(=O)Nc1cccc(C)c1. The van der Waals surface area contributed by atoms with Crippen molar-refractivity contribution in [2.45, 2.75) is 6.92 Å². The Labute approximate surface area is 139 Å². The molecule has 0 spiro atoms. The summed E-state index contributed by atoms with van der Waals surface area (Å²) in [6, 6.07) is 11.9. The molecule has 0 fully saturated rings. The van der Waals surface area contributed by atoms with Crippen LogP contribution in [0.3, 0.4) is 0 Å². The number of benzene rings is 2. The summed E-state index contributed by atoms with van der Waals surface area (Å²) in [6.07, 6.45) is 0. The number of hydrogen-bond acceptors (Lipinski definition) is 4. The number of rotatable bonds is 5. The first kappa shape index (κ1) is 16.8. The van der Waals surface area contributed by atoms with Gasteiger partial charge in [-0.2, -0.15) is 0 Å². The van der Waals surface area contributed by atoms with Crippen LogP contribution in [0.4, 0.5) is 5.69 Å². The van der Waals surface area contributed by atoms with Gasteiger partial charge < -0.3 is 14.8 Å². The molecule has 0 atom stereocenters. The first-order valence-corrected chi connectivity index (χ1v) is 7.24. The third kappa shape index (κ3) is 4.72. The molecule has 0 bridgehead atoms. The maximum atomic E-state index is 12.0. The van der Waals surface area contributed by atoms with Crippen LogP contribution in [0.5, 0.6) is 5.75 Å². The lowest BCUT2D eigenvalue weighted by Gasteiger charge is -2.10. The Hall–Kier alpha value is -2.53. The number of hydrogen-bond donors (Lipinski definition) is 1. The monoisotopic (exact) mass is 333 g/mol. The summed E-state index contributed by atoms with van der Waals surface area (Å²) >= 11 is 5.86. The van der Waals surface area contributed by atoms with Gasteiger partial charge in [0.15, 0.2) is 6.61 Å². The van der Waals surface area contributed by atoms with Crippen molar-refractivity contribution in [2.24, 2.45) is 0 Å². The Morgan fingerprint density at radius 1 is 1.17 bits per heavy atom. The fourth-order valence-electron chi connectivity index (χ4n) is 1.97. The van der Waals surface area contributed by atoms with Gasteiger partial charge in [0.2, 0.25) is 0 Å². The van der Waals surface area contributed by atoms with Gasteiger partial charge in [-0.3, -0.25) is 4.79 Å². The predicted molar refractivity (Wildman–Crippen MR) is 88.1 cm³/mol. The van der Waals surface area contributed by atoms with Crippen LogP contribution in [0.1, 0.15) is 15.9 Å². The highest BCUT2D eigenvalue weighted by molar-refractivity contribution is 6.31. The summed E-state index contributed by atoms with van der Waals surface area (Å²) in [7, 11) is 1.43. The van der Waals surface area contributed by atoms with Crippen LogP contribution in [0.15, 0.2) is 42.5 Å². The van der Waals surface area contributed by atoms with Gasteiger partial charge in [-0.25, -0.2) is 4.79 Å². The standard InChI is InChI=1S/C17H16ClNO4/c1-11-4-3-5-13(8-11)19-16(20)10-23-17(21)14-9-12(18)6-7-15(14)22-2/h3-9H,10H2,1-2H3,(H,19,20). The number of aryl methyl sites for hydroxylation is 1. The van der Waals surface area contributed by atoms with E-state index in [1.807, 2.05) is 25.1 Å². The molecule has 23 heavy (non-hydrogen) atoms. The van der Waals surface area contributed by atoms with E-state index < -0.39 is 18.5 Å². The predicted octanol–water partition coefficient (Wildman–Crippen LogP) is 3.45. The van der Waals surface area contributed by atoms with Crippen LogP contribution in [-0.4, -0.2) is 25.6 Å². The van der Waals surface area contributed by atoms with E-state index in [4.69, 9.17) is 21.1 Å². The van der Waals surface area contributed by atoms with Crippen LogP contribution in [-0.2, 0) is 9.53 Å². The quantitative estimate of drug-likeness (QED) is 0.851. The number of carbonyl (C=O) groups excluding carboxylic acids is 2. The average molecular weight is 334 g/mol. The van der Waals surface area contributed by atoms with Crippen molar-refractivity contribution in [1.29, 1.82) is 0 Å². The number of esters is 1. The summed E-state index contributed by atoms with van der Waals surface area (Å²) in [5.74, 6) is -0.771. The van der Waals surface area contributed by atoms with Gasteiger partial charge in [-0.05, 0) is 42.8 Å². The van der Waals surface area contributed by atoms with Crippen LogP contribution < -0.4 is 10.1 Å². The van der Waals surface area contributed by atoms with Crippen molar-refractivity contribution in [3.63, 3.8) is 0 Å². The fraction of sp³-hybridized carbons (Fsp3) is 0.176. The molecule has 2 aromatic carbocycles. The van der Waals surface area contributed by atoms with E-state index in [0.29, 0.717) is 16.5 Å². The Morgan fingerprint density at radius 3 is 2.65 bits per heavy atom. The lowest BCUT2D eigenvalue weighted by Crippen LogP contribution is -2.21. The molecule has 0 unspecified atom stereocenters. The molecule has 0 radical (unpaired) electrons. The molecule has 0 aliphatic heterocycles. The molecule has 1 N–H and O–H groups in total. The van der Waals surface area contributed by atoms with Crippen molar-refractivity contribution in [2.75, 3.05) is 19.0 Å². The van der Waals surface area contributed by atoms with Crippen LogP contribution in [0, 0.1) is 6.92 Å². The highest BCUT2D eigenvalue weighted by atomic mass is 35.5. The van der Waals surface area contributed by atoms with E-state index in [9.17, 15) is 9.59 Å². The first-order chi connectivity index (χ1) is 11.0. The summed E-state index contributed by atoms with van der Waals surface area (Å²) in [5, 5.41) is 3.03. The molecule has 0 aliphatic rings. The fourth-order valence-corrected chi connectivity index (χ4v) is 2.14. The normalized spacial score (nSPS) is 10.0. The maximum absolute atomic E-state index is 12.0. The van der Waals surface area contributed by atoms with E-state index in [0.717, 1.165) is 5.56 Å². The van der Waals surface area contributed by atoms with Gasteiger partial charge in [0, 0.05) is 10.7 Å². The number of anilines is 1. The molecule has 1 amide bonds. The zero-order valence-electron chi connectivity index (χ0n) is 12.8. The number of methoxy groups -OCH3 is 1. The van der Waals surface area contributed by atoms with Crippen molar-refractivity contribution in [3.05, 3.63) is 58.6 Å². The molecule has 0 saturated carbocycles. The molecule has 6 heteroatoms. The number of amides is 1. The molecule has 0 aliphatic carbocycles. The summed E-state index contributed by atoms with van der Waals surface area (Å²) < 4.78 is 10.1. The maximum Gasteiger partial charge on any atom is 0.342 e. The molecular formula is C17H16ClNO4. The van der Waals surface area contributed by atoms with Crippen molar-refractivity contribution >= 4 is 29.2 Å². The van der Waals surface area contributed by atoms with Crippen LogP contribution in [0.25, 0.3) is 0 Å². The lowest BCUT2D eigenvalue weighted by molar-refractivity contribution is -0.119. The molecule has 120 valence electrons. The molecule has 0 aromatic heterocycles. The molecule has 5 nitrogen and oxygen atoms in total. The Balaban J connectivity index is 1.96. The van der Waals surface area contributed by atoms with E-state index >= 15 is 0 Å². The van der Waals surface area contributed by atoms with Gasteiger partial charge in [0.25, 0.3) is 5.91 Å². The Bertz CT molecular complexity index is 730. The van der Waals surface area contributed by atoms with Crippen molar-refractivity contribution in [3.8, 4) is 5.75 Å². The van der Waals surface area contributed by atoms with Crippen molar-refractivity contribution in [1.82, 2.24) is 0 Å². The Kier molecular flexibility index (Phi) is 5.60. The molecule has 2 rings (SSSR count). The van der Waals surface area contributed by atoms with Gasteiger partial charge in [0.1, 0.15) is 11.3 Å². The van der Waals surface area contributed by atoms with E-state index in [2.05, 4.69) is 5.32 Å². The second-order valence-corrected chi connectivity index (χ2v) is 5.27. The first-order valence-electron chi connectivity index (χ1n) is 6.87. The molecular weight excluding hydrogens is 318 g/mol. The smallest absolute Gasteiger partial charge is 0.342 e. The average Bonchev–Trinajstić information content (AvgIpc) is 2.52. The summed E-state index contributed by atoms with van der Waals surface area (Å²) in [6.45, 7) is 1.52. The summed E-state index contributed by atoms with van der Waals surface area (Å²) in [5.41, 5.74) is 1.83. The van der Waals surface area contributed by atoms with Gasteiger partial charge in [-0.15, -0.1) is 0 Å². The topological polar surface area (TPSA) is 64.6 Å². The zero-order chi connectivity index (χ0) is 16.8. The van der Waals surface area contributed by atoms with E-state index in [1.54, 1.807) is 18.2 Å². The number of nitrogens with one attached hydrogen (secondary N) is 1. The second kappa shape index (κ2) is 7.65. The van der Waals surface area contributed by atoms with E-state index in [-0.39, 0.29) is 5.56 Å².